The second-order valence-electron chi connectivity index (χ2n) is 10.6. The zero-order valence-corrected chi connectivity index (χ0v) is 24.2. The molecule has 0 aliphatic heterocycles. The first kappa shape index (κ1) is 30.1. The molecule has 2 aromatic rings. The van der Waals surface area contributed by atoms with Crippen molar-refractivity contribution in [2.45, 2.75) is 68.3 Å². The molecule has 2 atom stereocenters. The van der Waals surface area contributed by atoms with Crippen molar-refractivity contribution in [1.29, 1.82) is 0 Å². The van der Waals surface area contributed by atoms with Gasteiger partial charge in [0.05, 0.1) is 12.2 Å². The maximum Gasteiger partial charge on any atom is 0.298 e. The summed E-state index contributed by atoms with van der Waals surface area (Å²) in [6, 6.07) is 6.70. The van der Waals surface area contributed by atoms with E-state index in [0.717, 1.165) is 63.5 Å². The molecule has 218 valence electrons. The van der Waals surface area contributed by atoms with Gasteiger partial charge >= 0.3 is 0 Å². The molecular weight excluding hydrogens is 561 g/mol. The fourth-order valence-electron chi connectivity index (χ4n) is 5.53. The molecule has 2 aromatic carbocycles. The quantitative estimate of drug-likeness (QED) is 0.349. The van der Waals surface area contributed by atoms with Crippen LogP contribution < -0.4 is 19.5 Å². The molecule has 0 aromatic heterocycles. The van der Waals surface area contributed by atoms with Crippen molar-refractivity contribution < 1.29 is 31.9 Å². The number of nitrogens with zero attached hydrogens (tertiary/aromatic N) is 1. The van der Waals surface area contributed by atoms with Crippen molar-refractivity contribution in [1.82, 2.24) is 9.62 Å². The van der Waals surface area contributed by atoms with Gasteiger partial charge < -0.3 is 19.7 Å². The SMILES string of the molecule is CN(C)[C@H]1CCCC[C@@H]1Nc1ccc(S(=O)(=O)NC(=O)c2ccc(OCC3CCCC3)c(Cl)c2OC=O)c(F)c1. The molecule has 40 heavy (non-hydrogen) atoms. The van der Waals surface area contributed by atoms with Crippen LogP contribution in [0.3, 0.4) is 0 Å². The minimum absolute atomic E-state index is 0.0752. The van der Waals surface area contributed by atoms with Gasteiger partial charge in [-0.1, -0.05) is 37.3 Å². The number of carbonyl (C=O) groups is 2. The molecule has 0 unspecified atom stereocenters. The Balaban J connectivity index is 1.49. The van der Waals surface area contributed by atoms with Crippen molar-refractivity contribution in [3.63, 3.8) is 0 Å². The summed E-state index contributed by atoms with van der Waals surface area (Å²) in [6.45, 7) is 0.493. The third-order valence-corrected chi connectivity index (χ3v) is 9.34. The highest BCUT2D eigenvalue weighted by Gasteiger charge is 2.29. The van der Waals surface area contributed by atoms with E-state index in [0.29, 0.717) is 18.2 Å². The van der Waals surface area contributed by atoms with E-state index in [1.54, 1.807) is 0 Å². The van der Waals surface area contributed by atoms with Crippen molar-refractivity contribution in [2.24, 2.45) is 5.92 Å². The Labute approximate surface area is 239 Å². The lowest BCUT2D eigenvalue weighted by molar-refractivity contribution is -0.120. The standard InChI is InChI=1S/C28H35ClFN3O6S/c1-33(2)23-10-6-5-9-22(23)31-19-11-14-25(21(30)15-19)40(36,37)32-28(35)20-12-13-24(26(29)27(20)39-17-34)38-16-18-7-3-4-8-18/h11-15,17-18,22-23,31H,3-10,16H2,1-2H3,(H,32,35)/t22-,23-/m0/s1. The summed E-state index contributed by atoms with van der Waals surface area (Å²) < 4.78 is 53.6. The van der Waals surface area contributed by atoms with Crippen molar-refractivity contribution in [3.05, 3.63) is 46.7 Å². The largest absolute Gasteiger partial charge is 0.492 e. The predicted molar refractivity (Wildman–Crippen MR) is 150 cm³/mol. The summed E-state index contributed by atoms with van der Waals surface area (Å²) in [4.78, 5) is 25.5. The number of rotatable bonds is 11. The van der Waals surface area contributed by atoms with Gasteiger partial charge in [0.15, 0.2) is 5.75 Å². The number of hydrogen-bond donors (Lipinski definition) is 2. The summed E-state index contributed by atoms with van der Waals surface area (Å²) in [5.74, 6) is -1.92. The first-order valence-corrected chi connectivity index (χ1v) is 15.3. The van der Waals surface area contributed by atoms with Crippen LogP contribution in [-0.2, 0) is 14.8 Å². The van der Waals surface area contributed by atoms with E-state index in [9.17, 15) is 18.0 Å². The van der Waals surface area contributed by atoms with Crippen LogP contribution in [0.2, 0.25) is 5.02 Å². The maximum atomic E-state index is 15.0. The van der Waals surface area contributed by atoms with E-state index in [2.05, 4.69) is 10.2 Å². The molecule has 2 fully saturated rings. The van der Waals surface area contributed by atoms with Gasteiger partial charge in [-0.2, -0.15) is 0 Å². The van der Waals surface area contributed by atoms with Crippen molar-refractivity contribution >= 4 is 39.7 Å². The molecule has 0 bridgehead atoms. The topological polar surface area (TPSA) is 114 Å². The molecule has 2 saturated carbocycles. The number of nitrogens with one attached hydrogen (secondary N) is 2. The fourth-order valence-corrected chi connectivity index (χ4v) is 6.82. The highest BCUT2D eigenvalue weighted by molar-refractivity contribution is 7.90. The Morgan fingerprint density at radius 2 is 1.80 bits per heavy atom. The van der Waals surface area contributed by atoms with E-state index in [4.69, 9.17) is 21.1 Å². The van der Waals surface area contributed by atoms with Crippen LogP contribution in [0.25, 0.3) is 0 Å². The average molecular weight is 596 g/mol. The Kier molecular flexibility index (Phi) is 9.91. The van der Waals surface area contributed by atoms with Crippen molar-refractivity contribution in [3.8, 4) is 11.5 Å². The summed E-state index contributed by atoms with van der Waals surface area (Å²) in [6.07, 6.45) is 8.44. The lowest BCUT2D eigenvalue weighted by Gasteiger charge is -2.37. The molecule has 0 saturated heterocycles. The third-order valence-electron chi connectivity index (χ3n) is 7.61. The number of ether oxygens (including phenoxy) is 2. The molecule has 0 spiro atoms. The number of carbonyl (C=O) groups excluding carboxylic acids is 2. The molecule has 0 radical (unpaired) electrons. The second kappa shape index (κ2) is 13.2. The van der Waals surface area contributed by atoms with Crippen LogP contribution in [0.15, 0.2) is 35.2 Å². The molecule has 4 rings (SSSR count). The van der Waals surface area contributed by atoms with E-state index in [-0.39, 0.29) is 40.6 Å². The molecule has 2 aliphatic rings. The minimum Gasteiger partial charge on any atom is -0.492 e. The predicted octanol–water partition coefficient (Wildman–Crippen LogP) is 4.99. The molecule has 0 heterocycles. The van der Waals surface area contributed by atoms with E-state index in [1.165, 1.54) is 18.2 Å². The van der Waals surface area contributed by atoms with Gasteiger partial charge in [0, 0.05) is 17.8 Å². The lowest BCUT2D eigenvalue weighted by atomic mass is 9.89. The monoisotopic (exact) mass is 595 g/mol. The van der Waals surface area contributed by atoms with Gasteiger partial charge in [-0.25, -0.2) is 17.5 Å². The molecule has 9 nitrogen and oxygen atoms in total. The maximum absolute atomic E-state index is 15.0. The Morgan fingerprint density at radius 1 is 1.10 bits per heavy atom. The normalized spacial score (nSPS) is 19.8. The number of sulfonamides is 1. The Bertz CT molecular complexity index is 1330. The number of hydrogen-bond acceptors (Lipinski definition) is 8. The average Bonchev–Trinajstić information content (AvgIpc) is 3.43. The van der Waals surface area contributed by atoms with E-state index in [1.807, 2.05) is 18.8 Å². The number of anilines is 1. The lowest BCUT2D eigenvalue weighted by Crippen LogP contribution is -2.45. The van der Waals surface area contributed by atoms with Gasteiger partial charge in [-0.3, -0.25) is 9.59 Å². The number of likely N-dealkylation sites (N-methyl/N-ethyl adjacent to an activating group) is 1. The summed E-state index contributed by atoms with van der Waals surface area (Å²) in [5.41, 5.74) is 0.128. The first-order valence-electron chi connectivity index (χ1n) is 13.5. The number of halogens is 2. The highest BCUT2D eigenvalue weighted by atomic mass is 35.5. The van der Waals surface area contributed by atoms with Gasteiger partial charge in [0.1, 0.15) is 21.5 Å². The zero-order valence-electron chi connectivity index (χ0n) is 22.6. The molecular formula is C28H35ClFN3O6S. The van der Waals surface area contributed by atoms with Crippen LogP contribution in [0.4, 0.5) is 10.1 Å². The van der Waals surface area contributed by atoms with Gasteiger partial charge in [-0.05, 0) is 76.0 Å². The first-order chi connectivity index (χ1) is 19.1. The Hall–Kier alpha value is -2.89. The highest BCUT2D eigenvalue weighted by Crippen LogP contribution is 2.38. The smallest absolute Gasteiger partial charge is 0.298 e. The van der Waals surface area contributed by atoms with Crippen molar-refractivity contribution in [2.75, 3.05) is 26.0 Å². The van der Waals surface area contributed by atoms with Crippen LogP contribution in [0.5, 0.6) is 11.5 Å². The van der Waals surface area contributed by atoms with Gasteiger partial charge in [-0.15, -0.1) is 0 Å². The molecule has 1 amide bonds. The Morgan fingerprint density at radius 3 is 2.48 bits per heavy atom. The zero-order chi connectivity index (χ0) is 28.9. The minimum atomic E-state index is -4.62. The van der Waals surface area contributed by atoms with Crippen LogP contribution in [-0.4, -0.2) is 58.5 Å². The number of amides is 1. The molecule has 2 aliphatic carbocycles. The van der Waals surface area contributed by atoms with Gasteiger partial charge in [0.2, 0.25) is 0 Å². The molecule has 2 N–H and O–H groups in total. The second-order valence-corrected chi connectivity index (χ2v) is 12.6. The van der Waals surface area contributed by atoms with E-state index < -0.39 is 26.6 Å². The fraction of sp³-hybridized carbons (Fsp3) is 0.500. The molecule has 12 heteroatoms. The third kappa shape index (κ3) is 7.05. The van der Waals surface area contributed by atoms with E-state index >= 15 is 4.39 Å². The summed E-state index contributed by atoms with van der Waals surface area (Å²) >= 11 is 6.35. The van der Waals surface area contributed by atoms with Crippen LogP contribution >= 0.6 is 11.6 Å². The van der Waals surface area contributed by atoms with Crippen LogP contribution in [0, 0.1) is 11.7 Å². The number of benzene rings is 2. The van der Waals surface area contributed by atoms with Crippen LogP contribution in [0.1, 0.15) is 61.7 Å². The summed E-state index contributed by atoms with van der Waals surface area (Å²) in [7, 11) is -0.618. The summed E-state index contributed by atoms with van der Waals surface area (Å²) in [5, 5.41) is 3.18. The van der Waals surface area contributed by atoms with Gasteiger partial charge in [0.25, 0.3) is 22.4 Å².